The fourth-order valence-electron chi connectivity index (χ4n) is 2.55. The molecule has 0 aliphatic carbocycles. The van der Waals surface area contributed by atoms with Crippen molar-refractivity contribution >= 4 is 11.7 Å². The van der Waals surface area contributed by atoms with Gasteiger partial charge in [0.2, 0.25) is 0 Å². The first-order chi connectivity index (χ1) is 10.1. The van der Waals surface area contributed by atoms with Crippen LogP contribution in [-0.4, -0.2) is 40.4 Å². The Morgan fingerprint density at radius 3 is 2.52 bits per heavy atom. The molecule has 1 saturated heterocycles. The molecule has 1 aromatic heterocycles. The molecule has 5 heteroatoms. The molecule has 0 saturated carbocycles. The zero-order valence-electron chi connectivity index (χ0n) is 13.4. The van der Waals surface area contributed by atoms with Gasteiger partial charge in [0.25, 0.3) is 5.91 Å². The minimum atomic E-state index is 0.00249. The number of hydrogen-bond donors (Lipinski definition) is 1. The lowest BCUT2D eigenvalue weighted by Gasteiger charge is -2.38. The van der Waals surface area contributed by atoms with Crippen molar-refractivity contribution in [1.82, 2.24) is 14.9 Å². The van der Waals surface area contributed by atoms with E-state index in [-0.39, 0.29) is 5.91 Å². The van der Waals surface area contributed by atoms with Gasteiger partial charge < -0.3 is 10.2 Å². The molecule has 0 aromatic carbocycles. The highest BCUT2D eigenvalue weighted by molar-refractivity contribution is 5.92. The standard InChI is InChI=1S/C16H26N4O/c1-4-8-17-14-12-18-13(11-19-14)15(21)20-9-6-16(3,5-2)7-10-20/h11-12H,4-10H2,1-3H3,(H,17,19). The summed E-state index contributed by atoms with van der Waals surface area (Å²) in [6.07, 6.45) is 7.56. The molecule has 1 aliphatic heterocycles. The summed E-state index contributed by atoms with van der Waals surface area (Å²) in [4.78, 5) is 22.8. The van der Waals surface area contributed by atoms with E-state index in [1.165, 1.54) is 6.42 Å². The molecule has 2 rings (SSSR count). The second kappa shape index (κ2) is 6.87. The second-order valence-corrected chi connectivity index (χ2v) is 6.17. The summed E-state index contributed by atoms with van der Waals surface area (Å²) in [5.41, 5.74) is 0.827. The van der Waals surface area contributed by atoms with Gasteiger partial charge in [-0.25, -0.2) is 9.97 Å². The van der Waals surface area contributed by atoms with Crippen molar-refractivity contribution in [3.63, 3.8) is 0 Å². The van der Waals surface area contributed by atoms with E-state index < -0.39 is 0 Å². The zero-order valence-corrected chi connectivity index (χ0v) is 13.4. The number of aromatic nitrogens is 2. The van der Waals surface area contributed by atoms with Crippen molar-refractivity contribution in [2.45, 2.75) is 46.5 Å². The van der Waals surface area contributed by atoms with Crippen molar-refractivity contribution < 1.29 is 4.79 Å². The van der Waals surface area contributed by atoms with Gasteiger partial charge in [0.1, 0.15) is 11.5 Å². The Bertz CT molecular complexity index is 464. The van der Waals surface area contributed by atoms with E-state index in [0.29, 0.717) is 11.1 Å². The van der Waals surface area contributed by atoms with Gasteiger partial charge in [-0.3, -0.25) is 4.79 Å². The van der Waals surface area contributed by atoms with Gasteiger partial charge in [0.05, 0.1) is 12.4 Å². The molecule has 1 fully saturated rings. The maximum Gasteiger partial charge on any atom is 0.274 e. The number of nitrogens with zero attached hydrogens (tertiary/aromatic N) is 3. The fraction of sp³-hybridized carbons (Fsp3) is 0.688. The third-order valence-electron chi connectivity index (χ3n) is 4.54. The summed E-state index contributed by atoms with van der Waals surface area (Å²) in [5.74, 6) is 0.730. The maximum absolute atomic E-state index is 12.4. The SMILES string of the molecule is CCCNc1cnc(C(=O)N2CCC(C)(CC)CC2)cn1. The Balaban J connectivity index is 1.94. The van der Waals surface area contributed by atoms with Crippen LogP contribution in [0.3, 0.4) is 0 Å². The molecule has 0 spiro atoms. The van der Waals surface area contributed by atoms with E-state index in [9.17, 15) is 4.79 Å². The molecule has 1 aromatic rings. The molecule has 0 bridgehead atoms. The Labute approximate surface area is 127 Å². The number of nitrogens with one attached hydrogen (secondary N) is 1. The topological polar surface area (TPSA) is 58.1 Å². The van der Waals surface area contributed by atoms with Crippen molar-refractivity contribution in [1.29, 1.82) is 0 Å². The molecule has 21 heavy (non-hydrogen) atoms. The zero-order chi connectivity index (χ0) is 15.3. The van der Waals surface area contributed by atoms with Crippen LogP contribution >= 0.6 is 0 Å². The lowest BCUT2D eigenvalue weighted by Crippen LogP contribution is -2.42. The number of hydrogen-bond acceptors (Lipinski definition) is 4. The first kappa shape index (κ1) is 15.7. The van der Waals surface area contributed by atoms with E-state index in [0.717, 1.165) is 44.7 Å². The maximum atomic E-state index is 12.4. The minimum Gasteiger partial charge on any atom is -0.369 e. The molecular formula is C16H26N4O. The predicted molar refractivity (Wildman–Crippen MR) is 84.3 cm³/mol. The van der Waals surface area contributed by atoms with E-state index in [2.05, 4.69) is 36.1 Å². The Kier molecular flexibility index (Phi) is 5.15. The average Bonchev–Trinajstić information content (AvgIpc) is 2.53. The van der Waals surface area contributed by atoms with Crippen LogP contribution in [0.2, 0.25) is 0 Å². The van der Waals surface area contributed by atoms with Crippen molar-refractivity contribution in [3.8, 4) is 0 Å². The summed E-state index contributed by atoms with van der Waals surface area (Å²) in [6, 6.07) is 0. The predicted octanol–water partition coefficient (Wildman–Crippen LogP) is 2.95. The third-order valence-corrected chi connectivity index (χ3v) is 4.54. The van der Waals surface area contributed by atoms with Crippen LogP contribution < -0.4 is 5.32 Å². The molecule has 0 radical (unpaired) electrons. The lowest BCUT2D eigenvalue weighted by atomic mass is 9.78. The van der Waals surface area contributed by atoms with Gasteiger partial charge in [-0.05, 0) is 24.7 Å². The average molecular weight is 290 g/mol. The molecule has 1 amide bonds. The molecule has 2 heterocycles. The van der Waals surface area contributed by atoms with Gasteiger partial charge in [-0.1, -0.05) is 27.2 Å². The van der Waals surface area contributed by atoms with Crippen LogP contribution in [0.1, 0.15) is 56.9 Å². The number of likely N-dealkylation sites (tertiary alicyclic amines) is 1. The molecule has 116 valence electrons. The molecular weight excluding hydrogens is 264 g/mol. The second-order valence-electron chi connectivity index (χ2n) is 6.17. The molecule has 1 N–H and O–H groups in total. The summed E-state index contributed by atoms with van der Waals surface area (Å²) < 4.78 is 0. The number of amides is 1. The number of rotatable bonds is 5. The molecule has 1 aliphatic rings. The van der Waals surface area contributed by atoms with E-state index in [1.807, 2.05) is 4.90 Å². The highest BCUT2D eigenvalue weighted by atomic mass is 16.2. The number of piperidine rings is 1. The fourth-order valence-corrected chi connectivity index (χ4v) is 2.55. The van der Waals surface area contributed by atoms with Crippen molar-refractivity contribution in [3.05, 3.63) is 18.1 Å². The van der Waals surface area contributed by atoms with Crippen LogP contribution in [0, 0.1) is 5.41 Å². The number of carbonyl (C=O) groups is 1. The van der Waals surface area contributed by atoms with Crippen LogP contribution in [0.5, 0.6) is 0 Å². The summed E-state index contributed by atoms with van der Waals surface area (Å²) in [6.45, 7) is 9.14. The number of carbonyl (C=O) groups excluding carboxylic acids is 1. The largest absolute Gasteiger partial charge is 0.369 e. The normalized spacial score (nSPS) is 17.6. The summed E-state index contributed by atoms with van der Waals surface area (Å²) >= 11 is 0. The summed E-state index contributed by atoms with van der Waals surface area (Å²) in [7, 11) is 0. The molecule has 0 unspecified atom stereocenters. The minimum absolute atomic E-state index is 0.00249. The van der Waals surface area contributed by atoms with Crippen molar-refractivity contribution in [2.75, 3.05) is 25.0 Å². The Morgan fingerprint density at radius 1 is 1.29 bits per heavy atom. The van der Waals surface area contributed by atoms with Gasteiger partial charge in [0.15, 0.2) is 0 Å². The van der Waals surface area contributed by atoms with Gasteiger partial charge in [-0.2, -0.15) is 0 Å². The Morgan fingerprint density at radius 2 is 2.00 bits per heavy atom. The Hall–Kier alpha value is -1.65. The van der Waals surface area contributed by atoms with E-state index in [1.54, 1.807) is 12.4 Å². The number of anilines is 1. The molecule has 0 atom stereocenters. The monoisotopic (exact) mass is 290 g/mol. The first-order valence-electron chi connectivity index (χ1n) is 7.93. The van der Waals surface area contributed by atoms with Crippen molar-refractivity contribution in [2.24, 2.45) is 5.41 Å². The van der Waals surface area contributed by atoms with Gasteiger partial charge >= 0.3 is 0 Å². The van der Waals surface area contributed by atoms with Crippen LogP contribution in [0.25, 0.3) is 0 Å². The van der Waals surface area contributed by atoms with Gasteiger partial charge in [-0.15, -0.1) is 0 Å². The smallest absolute Gasteiger partial charge is 0.274 e. The quantitative estimate of drug-likeness (QED) is 0.906. The lowest BCUT2D eigenvalue weighted by molar-refractivity contribution is 0.0594. The molecule has 5 nitrogen and oxygen atoms in total. The van der Waals surface area contributed by atoms with E-state index in [4.69, 9.17) is 0 Å². The van der Waals surface area contributed by atoms with Crippen LogP contribution in [0.4, 0.5) is 5.82 Å². The van der Waals surface area contributed by atoms with E-state index >= 15 is 0 Å². The highest BCUT2D eigenvalue weighted by Gasteiger charge is 2.31. The van der Waals surface area contributed by atoms with Gasteiger partial charge in [0, 0.05) is 19.6 Å². The first-order valence-corrected chi connectivity index (χ1v) is 7.93. The third kappa shape index (κ3) is 3.93. The van der Waals surface area contributed by atoms with Crippen LogP contribution in [0.15, 0.2) is 12.4 Å². The highest BCUT2D eigenvalue weighted by Crippen LogP contribution is 2.34. The van der Waals surface area contributed by atoms with Crippen LogP contribution in [-0.2, 0) is 0 Å². The summed E-state index contributed by atoms with van der Waals surface area (Å²) in [5, 5.41) is 3.16.